The van der Waals surface area contributed by atoms with E-state index in [0.717, 1.165) is 31.9 Å². The number of aromatic nitrogens is 3. The van der Waals surface area contributed by atoms with E-state index in [9.17, 15) is 14.9 Å². The predicted octanol–water partition coefficient (Wildman–Crippen LogP) is 7.37. The van der Waals surface area contributed by atoms with Gasteiger partial charge >= 0.3 is 0 Å². The van der Waals surface area contributed by atoms with E-state index in [-0.39, 0.29) is 17.1 Å². The highest BCUT2D eigenvalue weighted by molar-refractivity contribution is 9.10. The Morgan fingerprint density at radius 2 is 1.71 bits per heavy atom. The Balaban J connectivity index is 1.34. The van der Waals surface area contributed by atoms with Crippen LogP contribution in [0.15, 0.2) is 122 Å². The van der Waals surface area contributed by atoms with Crippen molar-refractivity contribution >= 4 is 60.6 Å². The van der Waals surface area contributed by atoms with Crippen LogP contribution in [-0.4, -0.2) is 25.4 Å². The maximum Gasteiger partial charge on any atom is 0.282 e. The zero-order chi connectivity index (χ0) is 28.8. The van der Waals surface area contributed by atoms with E-state index in [4.69, 9.17) is 9.40 Å². The topological polar surface area (TPSA) is 108 Å². The molecule has 9 nitrogen and oxygen atoms in total. The van der Waals surface area contributed by atoms with Gasteiger partial charge in [-0.05, 0) is 48.0 Å². The molecular formula is C32H20BrN5O4. The molecule has 0 amide bonds. The number of halogens is 1. The van der Waals surface area contributed by atoms with Gasteiger partial charge in [0.15, 0.2) is 5.76 Å². The summed E-state index contributed by atoms with van der Waals surface area (Å²) in [5.74, 6) is 0.709. The first-order chi connectivity index (χ1) is 20.4. The molecule has 0 bridgehead atoms. The van der Waals surface area contributed by atoms with Crippen LogP contribution >= 0.6 is 15.9 Å². The van der Waals surface area contributed by atoms with Crippen LogP contribution in [0.25, 0.3) is 44.4 Å². The number of nitro benzene ring substituents is 1. The van der Waals surface area contributed by atoms with Gasteiger partial charge in [0.25, 0.3) is 11.2 Å². The van der Waals surface area contributed by atoms with E-state index in [1.54, 1.807) is 36.5 Å². The number of non-ortho nitro benzene ring substituents is 1. The maximum atomic E-state index is 13.7. The van der Waals surface area contributed by atoms with Crippen LogP contribution in [0.1, 0.15) is 11.1 Å². The summed E-state index contributed by atoms with van der Waals surface area (Å²) >= 11 is 3.49. The summed E-state index contributed by atoms with van der Waals surface area (Å²) < 4.78 is 10.3. The van der Waals surface area contributed by atoms with Crippen LogP contribution in [0, 0.1) is 10.1 Å². The molecule has 42 heavy (non-hydrogen) atoms. The highest BCUT2D eigenvalue weighted by atomic mass is 79.9. The fraction of sp³-hybridized carbons (Fsp3) is 0.0312. The number of fused-ring (bicyclic) bond motifs is 3. The van der Waals surface area contributed by atoms with Gasteiger partial charge in [-0.15, -0.1) is 0 Å². The predicted molar refractivity (Wildman–Crippen MR) is 166 cm³/mol. The Morgan fingerprint density at radius 1 is 0.952 bits per heavy atom. The molecule has 3 heterocycles. The molecule has 0 saturated carbocycles. The molecule has 204 valence electrons. The summed E-state index contributed by atoms with van der Waals surface area (Å²) in [6, 6.07) is 29.1. The van der Waals surface area contributed by atoms with E-state index in [0.29, 0.717) is 28.8 Å². The van der Waals surface area contributed by atoms with Crippen molar-refractivity contribution in [1.82, 2.24) is 14.2 Å². The standard InChI is InChI=1S/C32H20BrN5O4/c33-23-11-14-29-21(15-23)16-30(42-29)31-35-27-7-3-1-6-26(27)32(39)37(31)34-17-22-19-36(28-8-4-2-5-25(22)28)18-20-9-12-24(13-10-20)38(40)41/h1-17,19H,18H2. The minimum absolute atomic E-state index is 0.0475. The van der Waals surface area contributed by atoms with Crippen molar-refractivity contribution in [2.75, 3.05) is 0 Å². The zero-order valence-corrected chi connectivity index (χ0v) is 23.4. The molecule has 4 aromatic carbocycles. The van der Waals surface area contributed by atoms with Crippen LogP contribution in [0.3, 0.4) is 0 Å². The van der Waals surface area contributed by atoms with E-state index < -0.39 is 4.92 Å². The Labute approximate surface area is 246 Å². The average Bonchev–Trinajstić information content (AvgIpc) is 3.58. The lowest BCUT2D eigenvalue weighted by atomic mass is 10.2. The van der Waals surface area contributed by atoms with Crippen LogP contribution in [0.2, 0.25) is 0 Å². The summed E-state index contributed by atoms with van der Waals surface area (Å²) in [4.78, 5) is 29.1. The molecule has 0 atom stereocenters. The minimum Gasteiger partial charge on any atom is -0.453 e. The minimum atomic E-state index is -0.411. The third-order valence-electron chi connectivity index (χ3n) is 7.08. The lowest BCUT2D eigenvalue weighted by Crippen LogP contribution is -2.20. The summed E-state index contributed by atoms with van der Waals surface area (Å²) in [5, 5.41) is 18.0. The Kier molecular flexibility index (Phi) is 6.24. The molecule has 10 heteroatoms. The van der Waals surface area contributed by atoms with Crippen molar-refractivity contribution in [3.8, 4) is 11.6 Å². The second-order valence-electron chi connectivity index (χ2n) is 9.76. The molecule has 3 aromatic heterocycles. The SMILES string of the molecule is O=c1c2ccccc2nc(-c2cc3cc(Br)ccc3o2)n1N=Cc1cn(Cc2ccc([N+](=O)[O-])cc2)c2ccccc12. The fourth-order valence-electron chi connectivity index (χ4n) is 5.06. The van der Waals surface area contributed by atoms with E-state index in [1.807, 2.05) is 60.8 Å². The lowest BCUT2D eigenvalue weighted by Gasteiger charge is -2.07. The highest BCUT2D eigenvalue weighted by Crippen LogP contribution is 2.29. The molecule has 0 unspecified atom stereocenters. The van der Waals surface area contributed by atoms with Crippen LogP contribution in [-0.2, 0) is 6.54 Å². The lowest BCUT2D eigenvalue weighted by molar-refractivity contribution is -0.384. The molecule has 7 aromatic rings. The highest BCUT2D eigenvalue weighted by Gasteiger charge is 2.17. The van der Waals surface area contributed by atoms with Gasteiger partial charge in [-0.25, -0.2) is 4.98 Å². The van der Waals surface area contributed by atoms with Crippen LogP contribution in [0.5, 0.6) is 0 Å². The Hall–Kier alpha value is -5.35. The number of hydrogen-bond donors (Lipinski definition) is 0. The van der Waals surface area contributed by atoms with Gasteiger partial charge in [0, 0.05) is 51.2 Å². The Morgan fingerprint density at radius 3 is 2.52 bits per heavy atom. The van der Waals surface area contributed by atoms with Crippen molar-refractivity contribution in [3.63, 3.8) is 0 Å². The van der Waals surface area contributed by atoms with E-state index in [1.165, 1.54) is 16.8 Å². The smallest absolute Gasteiger partial charge is 0.282 e. The van der Waals surface area contributed by atoms with Gasteiger partial charge in [-0.1, -0.05) is 58.4 Å². The molecule has 0 spiro atoms. The van der Waals surface area contributed by atoms with Gasteiger partial charge in [0.05, 0.1) is 22.0 Å². The number of furan rings is 1. The van der Waals surface area contributed by atoms with Crippen LogP contribution < -0.4 is 5.56 Å². The van der Waals surface area contributed by atoms with Crippen molar-refractivity contribution in [2.45, 2.75) is 6.54 Å². The largest absolute Gasteiger partial charge is 0.453 e. The fourth-order valence-corrected chi connectivity index (χ4v) is 5.44. The van der Waals surface area contributed by atoms with Gasteiger partial charge < -0.3 is 8.98 Å². The number of para-hydroxylation sites is 2. The molecule has 0 aliphatic heterocycles. The van der Waals surface area contributed by atoms with E-state index >= 15 is 0 Å². The van der Waals surface area contributed by atoms with E-state index in [2.05, 4.69) is 25.6 Å². The molecule has 0 aliphatic rings. The second-order valence-corrected chi connectivity index (χ2v) is 10.7. The molecule has 0 radical (unpaired) electrons. The maximum absolute atomic E-state index is 13.7. The normalized spacial score (nSPS) is 11.7. The number of rotatable bonds is 6. The molecule has 0 aliphatic carbocycles. The number of nitrogens with zero attached hydrogens (tertiary/aromatic N) is 5. The second kappa shape index (κ2) is 10.2. The molecular weight excluding hydrogens is 598 g/mol. The Bertz CT molecular complexity index is 2250. The molecule has 0 fully saturated rings. The van der Waals surface area contributed by atoms with Crippen molar-refractivity contribution in [2.24, 2.45) is 5.10 Å². The monoisotopic (exact) mass is 617 g/mol. The third-order valence-corrected chi connectivity index (χ3v) is 7.58. The van der Waals surface area contributed by atoms with Gasteiger partial charge in [0.2, 0.25) is 5.82 Å². The average molecular weight is 618 g/mol. The first-order valence-electron chi connectivity index (χ1n) is 13.0. The first-order valence-corrected chi connectivity index (χ1v) is 13.8. The number of benzene rings is 4. The summed E-state index contributed by atoms with van der Waals surface area (Å²) in [6.07, 6.45) is 3.60. The van der Waals surface area contributed by atoms with Gasteiger partial charge in [-0.3, -0.25) is 14.9 Å². The summed E-state index contributed by atoms with van der Waals surface area (Å²) in [7, 11) is 0. The van der Waals surface area contributed by atoms with Crippen LogP contribution in [0.4, 0.5) is 5.69 Å². The first kappa shape index (κ1) is 25.6. The molecule has 7 rings (SSSR count). The van der Waals surface area contributed by atoms with Crippen molar-refractivity contribution < 1.29 is 9.34 Å². The number of hydrogen-bond acceptors (Lipinski definition) is 6. The van der Waals surface area contributed by atoms with Gasteiger partial charge in [0.1, 0.15) is 5.58 Å². The van der Waals surface area contributed by atoms with Gasteiger partial charge in [-0.2, -0.15) is 9.78 Å². The zero-order valence-electron chi connectivity index (χ0n) is 21.8. The molecule has 0 N–H and O–H groups in total. The number of nitro groups is 1. The molecule has 0 saturated heterocycles. The third kappa shape index (κ3) is 4.57. The summed E-state index contributed by atoms with van der Waals surface area (Å²) in [6.45, 7) is 0.504. The van der Waals surface area contributed by atoms with Crippen molar-refractivity contribution in [3.05, 3.63) is 139 Å². The quantitative estimate of drug-likeness (QED) is 0.110. The van der Waals surface area contributed by atoms with Crippen molar-refractivity contribution in [1.29, 1.82) is 0 Å². The summed E-state index contributed by atoms with van der Waals surface area (Å²) in [5.41, 5.74) is 3.62.